The van der Waals surface area contributed by atoms with Crippen LogP contribution in [0.2, 0.25) is 0 Å². The van der Waals surface area contributed by atoms with E-state index in [1.807, 2.05) is 18.2 Å². The van der Waals surface area contributed by atoms with Crippen molar-refractivity contribution in [2.45, 2.75) is 6.54 Å². The second kappa shape index (κ2) is 5.73. The molecule has 1 N–H and O–H groups in total. The predicted octanol–water partition coefficient (Wildman–Crippen LogP) is 2.97. The van der Waals surface area contributed by atoms with Gasteiger partial charge in [-0.25, -0.2) is 14.1 Å². The summed E-state index contributed by atoms with van der Waals surface area (Å²) in [4.78, 5) is 19.3. The predicted molar refractivity (Wildman–Crippen MR) is 89.1 cm³/mol. The van der Waals surface area contributed by atoms with Crippen molar-refractivity contribution in [1.82, 2.24) is 19.7 Å². The van der Waals surface area contributed by atoms with Crippen molar-refractivity contribution in [2.24, 2.45) is 0 Å². The van der Waals surface area contributed by atoms with E-state index in [1.165, 1.54) is 22.9 Å². The van der Waals surface area contributed by atoms with Crippen LogP contribution in [0.15, 0.2) is 65.7 Å². The molecule has 0 aliphatic rings. The lowest BCUT2D eigenvalue weighted by Crippen LogP contribution is -2.22. The van der Waals surface area contributed by atoms with Crippen LogP contribution in [-0.2, 0) is 6.54 Å². The molecule has 6 heteroatoms. The second-order valence-electron chi connectivity index (χ2n) is 5.48. The first-order chi connectivity index (χ1) is 11.7. The third kappa shape index (κ3) is 2.69. The number of fused-ring (bicyclic) bond motifs is 1. The lowest BCUT2D eigenvalue weighted by atomic mass is 10.1. The summed E-state index contributed by atoms with van der Waals surface area (Å²) in [5, 5.41) is 4.36. The van der Waals surface area contributed by atoms with Gasteiger partial charge in [0.25, 0.3) is 5.56 Å². The van der Waals surface area contributed by atoms with Gasteiger partial charge in [0.1, 0.15) is 5.82 Å². The number of H-pyrrole nitrogens is 1. The van der Waals surface area contributed by atoms with Gasteiger partial charge in [-0.3, -0.25) is 4.79 Å². The van der Waals surface area contributed by atoms with E-state index in [0.29, 0.717) is 17.8 Å². The Morgan fingerprint density at radius 3 is 2.88 bits per heavy atom. The lowest BCUT2D eigenvalue weighted by molar-refractivity contribution is 0.626. The summed E-state index contributed by atoms with van der Waals surface area (Å²) in [6.45, 7) is 0.324. The number of imidazole rings is 1. The molecule has 0 fully saturated rings. The van der Waals surface area contributed by atoms with Crippen molar-refractivity contribution >= 4 is 11.0 Å². The minimum Gasteiger partial charge on any atom is -0.345 e. The maximum atomic E-state index is 13.4. The van der Waals surface area contributed by atoms with Crippen LogP contribution in [-0.4, -0.2) is 19.7 Å². The van der Waals surface area contributed by atoms with Crippen molar-refractivity contribution in [2.75, 3.05) is 0 Å². The number of aromatic nitrogens is 4. The van der Waals surface area contributed by atoms with Crippen LogP contribution in [0.4, 0.5) is 4.39 Å². The first-order valence-electron chi connectivity index (χ1n) is 7.45. The molecule has 5 nitrogen and oxygen atoms in total. The van der Waals surface area contributed by atoms with Gasteiger partial charge in [-0.1, -0.05) is 18.2 Å². The Morgan fingerprint density at radius 2 is 2.00 bits per heavy atom. The second-order valence-corrected chi connectivity index (χ2v) is 5.48. The number of hydrogen-bond acceptors (Lipinski definition) is 3. The Bertz CT molecular complexity index is 1080. The Balaban J connectivity index is 1.72. The summed E-state index contributed by atoms with van der Waals surface area (Å²) in [6, 6.07) is 14.9. The smallest absolute Gasteiger partial charge is 0.267 e. The molecule has 0 spiro atoms. The molecule has 0 aliphatic heterocycles. The van der Waals surface area contributed by atoms with Crippen LogP contribution in [0, 0.1) is 5.82 Å². The summed E-state index contributed by atoms with van der Waals surface area (Å²) in [5.41, 5.74) is 3.66. The average molecular weight is 320 g/mol. The first-order valence-corrected chi connectivity index (χ1v) is 7.45. The SMILES string of the molecule is O=c1ccc(-c2cccc(F)c2)nn1Cc1ccc2[nH]cnc2c1. The van der Waals surface area contributed by atoms with E-state index in [1.54, 1.807) is 24.5 Å². The third-order valence-corrected chi connectivity index (χ3v) is 3.81. The molecule has 0 unspecified atom stereocenters. The molecule has 4 rings (SSSR count). The number of benzene rings is 2. The molecule has 0 atom stereocenters. The summed E-state index contributed by atoms with van der Waals surface area (Å²) in [5.74, 6) is -0.337. The Kier molecular flexibility index (Phi) is 3.42. The number of nitrogens with zero attached hydrogens (tertiary/aromatic N) is 3. The van der Waals surface area contributed by atoms with E-state index < -0.39 is 0 Å². The van der Waals surface area contributed by atoms with Crippen molar-refractivity contribution in [3.05, 3.63) is 82.7 Å². The minimum atomic E-state index is -0.337. The maximum absolute atomic E-state index is 13.4. The number of aromatic amines is 1. The van der Waals surface area contributed by atoms with Crippen LogP contribution in [0.1, 0.15) is 5.56 Å². The van der Waals surface area contributed by atoms with E-state index in [-0.39, 0.29) is 11.4 Å². The molecule has 24 heavy (non-hydrogen) atoms. The highest BCUT2D eigenvalue weighted by molar-refractivity contribution is 5.75. The van der Waals surface area contributed by atoms with Crippen molar-refractivity contribution < 1.29 is 4.39 Å². The highest BCUT2D eigenvalue weighted by atomic mass is 19.1. The van der Waals surface area contributed by atoms with E-state index in [9.17, 15) is 9.18 Å². The minimum absolute atomic E-state index is 0.211. The Hall–Kier alpha value is -3.28. The fourth-order valence-electron chi connectivity index (χ4n) is 2.61. The van der Waals surface area contributed by atoms with Gasteiger partial charge in [0, 0.05) is 11.6 Å². The molecule has 0 aliphatic carbocycles. The van der Waals surface area contributed by atoms with Crippen LogP contribution in [0.25, 0.3) is 22.3 Å². The van der Waals surface area contributed by atoms with Crippen LogP contribution >= 0.6 is 0 Å². The summed E-state index contributed by atoms with van der Waals surface area (Å²) >= 11 is 0. The zero-order chi connectivity index (χ0) is 16.5. The molecule has 4 aromatic rings. The van der Waals surface area contributed by atoms with E-state index in [2.05, 4.69) is 15.1 Å². The van der Waals surface area contributed by atoms with Gasteiger partial charge < -0.3 is 4.98 Å². The van der Waals surface area contributed by atoms with Crippen molar-refractivity contribution in [1.29, 1.82) is 0 Å². The fraction of sp³-hybridized carbons (Fsp3) is 0.0556. The summed E-state index contributed by atoms with van der Waals surface area (Å²) < 4.78 is 14.8. The van der Waals surface area contributed by atoms with Crippen LogP contribution in [0.3, 0.4) is 0 Å². The number of halogens is 1. The molecule has 0 amide bonds. The van der Waals surface area contributed by atoms with Gasteiger partial charge in [-0.2, -0.15) is 5.10 Å². The molecule has 118 valence electrons. The lowest BCUT2D eigenvalue weighted by Gasteiger charge is -2.07. The largest absolute Gasteiger partial charge is 0.345 e. The summed E-state index contributed by atoms with van der Waals surface area (Å²) in [7, 11) is 0. The highest BCUT2D eigenvalue weighted by Gasteiger charge is 2.06. The van der Waals surface area contributed by atoms with Gasteiger partial charge in [0.15, 0.2) is 0 Å². The number of nitrogens with one attached hydrogen (secondary N) is 1. The van der Waals surface area contributed by atoms with Crippen LogP contribution in [0.5, 0.6) is 0 Å². The first kappa shape index (κ1) is 14.3. The fourth-order valence-corrected chi connectivity index (χ4v) is 2.61. The topological polar surface area (TPSA) is 63.6 Å². The maximum Gasteiger partial charge on any atom is 0.267 e. The molecule has 2 aromatic heterocycles. The zero-order valence-corrected chi connectivity index (χ0v) is 12.6. The molecule has 2 heterocycles. The molecular formula is C18H13FN4O. The van der Waals surface area contributed by atoms with Gasteiger partial charge in [-0.15, -0.1) is 0 Å². The number of rotatable bonds is 3. The highest BCUT2D eigenvalue weighted by Crippen LogP contribution is 2.17. The Labute approximate surface area is 136 Å². The molecule has 0 radical (unpaired) electrons. The van der Waals surface area contributed by atoms with Gasteiger partial charge in [-0.05, 0) is 35.9 Å². The van der Waals surface area contributed by atoms with E-state index in [4.69, 9.17) is 0 Å². The monoisotopic (exact) mass is 320 g/mol. The van der Waals surface area contributed by atoms with Crippen molar-refractivity contribution in [3.8, 4) is 11.3 Å². The van der Waals surface area contributed by atoms with E-state index >= 15 is 0 Å². The standard InChI is InChI=1S/C18H13FN4O/c19-14-3-1-2-13(9-14)15-6-7-18(24)23(22-15)10-12-4-5-16-17(8-12)21-11-20-16/h1-9,11H,10H2,(H,20,21). The number of hydrogen-bond donors (Lipinski definition) is 1. The van der Waals surface area contributed by atoms with Crippen molar-refractivity contribution in [3.63, 3.8) is 0 Å². The van der Waals surface area contributed by atoms with E-state index in [0.717, 1.165) is 16.6 Å². The normalized spacial score (nSPS) is 11.0. The van der Waals surface area contributed by atoms with Crippen LogP contribution < -0.4 is 5.56 Å². The Morgan fingerprint density at radius 1 is 1.08 bits per heavy atom. The zero-order valence-electron chi connectivity index (χ0n) is 12.6. The van der Waals surface area contributed by atoms with Gasteiger partial charge in [0.2, 0.25) is 0 Å². The molecular weight excluding hydrogens is 307 g/mol. The summed E-state index contributed by atoms with van der Waals surface area (Å²) in [6.07, 6.45) is 1.63. The molecule has 0 saturated carbocycles. The average Bonchev–Trinajstić information content (AvgIpc) is 3.04. The molecule has 0 saturated heterocycles. The van der Waals surface area contributed by atoms with Gasteiger partial charge in [0.05, 0.1) is 29.6 Å². The van der Waals surface area contributed by atoms with Gasteiger partial charge >= 0.3 is 0 Å². The molecule has 2 aromatic carbocycles. The molecule has 0 bridgehead atoms. The third-order valence-electron chi connectivity index (χ3n) is 3.81. The quantitative estimate of drug-likeness (QED) is 0.631.